The van der Waals surface area contributed by atoms with Crippen molar-refractivity contribution >= 4 is 17.9 Å². The number of quaternary nitrogens is 1. The molecule has 0 fully saturated rings. The van der Waals surface area contributed by atoms with Gasteiger partial charge in [0.1, 0.15) is 12.6 Å². The van der Waals surface area contributed by atoms with Crippen molar-refractivity contribution in [2.75, 3.05) is 41.0 Å². The average molecular weight is 926 g/mol. The van der Waals surface area contributed by atoms with Gasteiger partial charge in [0, 0.05) is 19.3 Å². The van der Waals surface area contributed by atoms with E-state index in [2.05, 4.69) is 74.6 Å². The van der Waals surface area contributed by atoms with Crippen molar-refractivity contribution in [3.8, 4) is 0 Å². The molecule has 0 rings (SSSR count). The summed E-state index contributed by atoms with van der Waals surface area (Å²) in [7, 11) is 5.41. The maximum absolute atomic E-state index is 12.8. The number of rotatable bonds is 49. The van der Waals surface area contributed by atoms with Crippen molar-refractivity contribution in [2.24, 2.45) is 0 Å². The number of unbranched alkanes of at least 4 members (excludes halogenated alkanes) is 25. The molecule has 0 bridgehead atoms. The van der Waals surface area contributed by atoms with E-state index in [0.717, 1.165) is 77.0 Å². The van der Waals surface area contributed by atoms with Gasteiger partial charge in [-0.3, -0.25) is 9.59 Å². The van der Waals surface area contributed by atoms with E-state index in [1.54, 1.807) is 21.1 Å². The van der Waals surface area contributed by atoms with Crippen molar-refractivity contribution in [3.05, 3.63) is 60.8 Å². The molecule has 382 valence electrons. The Morgan fingerprint density at radius 2 is 0.848 bits per heavy atom. The highest BCUT2D eigenvalue weighted by Crippen LogP contribution is 2.15. The smallest absolute Gasteiger partial charge is 0.306 e. The Bertz CT molecular complexity index is 1260. The first kappa shape index (κ1) is 63.0. The fourth-order valence-electron chi connectivity index (χ4n) is 7.94. The average Bonchev–Trinajstić information content (AvgIpc) is 3.28. The molecule has 0 aromatic rings. The maximum Gasteiger partial charge on any atom is 0.306 e. The summed E-state index contributed by atoms with van der Waals surface area (Å²) in [6.45, 7) is 4.56. The summed E-state index contributed by atoms with van der Waals surface area (Å²) in [5.41, 5.74) is 0. The molecular formula is C58H103NO7. The zero-order chi connectivity index (χ0) is 48.4. The zero-order valence-corrected chi connectivity index (χ0v) is 43.6. The number of nitrogens with zero attached hydrogens (tertiary/aromatic N) is 1. The van der Waals surface area contributed by atoms with Gasteiger partial charge in [0.2, 0.25) is 0 Å². The molecule has 2 unspecified atom stereocenters. The minimum absolute atomic E-state index is 0.0338. The SMILES string of the molecule is CC/C=C/C/C=C/C/C=C/C/C=C/CCCCCCCCCC(=O)OC(COCCC(C(=O)[O-])[N+](C)(C)C)COC(=O)CCCCCCCCC/C=C/CCCCCCCCCCCCC. The van der Waals surface area contributed by atoms with E-state index in [1.807, 2.05) is 0 Å². The number of carbonyl (C=O) groups is 3. The lowest BCUT2D eigenvalue weighted by Crippen LogP contribution is -2.55. The number of carboxylic acids is 1. The molecule has 0 amide bonds. The van der Waals surface area contributed by atoms with E-state index < -0.39 is 18.1 Å². The van der Waals surface area contributed by atoms with Crippen LogP contribution in [-0.2, 0) is 28.6 Å². The second-order valence-corrected chi connectivity index (χ2v) is 19.4. The van der Waals surface area contributed by atoms with Gasteiger partial charge in [-0.25, -0.2) is 0 Å². The number of carboxylic acid groups (broad SMARTS) is 1. The van der Waals surface area contributed by atoms with Gasteiger partial charge >= 0.3 is 11.9 Å². The van der Waals surface area contributed by atoms with Crippen molar-refractivity contribution in [1.29, 1.82) is 0 Å². The molecular weight excluding hydrogens is 823 g/mol. The van der Waals surface area contributed by atoms with E-state index in [9.17, 15) is 19.5 Å². The summed E-state index contributed by atoms with van der Waals surface area (Å²) < 4.78 is 17.3. The van der Waals surface area contributed by atoms with Gasteiger partial charge in [0.15, 0.2) is 6.10 Å². The molecule has 0 aromatic carbocycles. The van der Waals surface area contributed by atoms with Crippen molar-refractivity contribution < 1.29 is 38.2 Å². The molecule has 0 spiro atoms. The molecule has 0 N–H and O–H groups in total. The summed E-state index contributed by atoms with van der Waals surface area (Å²) in [5.74, 6) is -1.75. The minimum Gasteiger partial charge on any atom is -0.544 e. The number of hydrogen-bond donors (Lipinski definition) is 0. The third-order valence-corrected chi connectivity index (χ3v) is 12.1. The normalized spacial score (nSPS) is 13.3. The largest absolute Gasteiger partial charge is 0.544 e. The Morgan fingerprint density at radius 1 is 0.470 bits per heavy atom. The maximum atomic E-state index is 12.8. The minimum atomic E-state index is -1.13. The summed E-state index contributed by atoms with van der Waals surface area (Å²) in [6, 6.07) is -0.731. The van der Waals surface area contributed by atoms with Crippen LogP contribution in [0.3, 0.4) is 0 Å². The highest BCUT2D eigenvalue weighted by molar-refractivity contribution is 5.70. The fourth-order valence-corrected chi connectivity index (χ4v) is 7.94. The molecule has 0 aromatic heterocycles. The fraction of sp³-hybridized carbons (Fsp3) is 0.776. The topological polar surface area (TPSA) is 102 Å². The summed E-state index contributed by atoms with van der Waals surface area (Å²) in [5, 5.41) is 11.7. The number of likely N-dealkylation sites (N-methyl/N-ethyl adjacent to an activating group) is 1. The molecule has 2 atom stereocenters. The van der Waals surface area contributed by atoms with Crippen LogP contribution in [0.1, 0.15) is 239 Å². The summed E-state index contributed by atoms with van der Waals surface area (Å²) in [6.07, 6.45) is 61.1. The van der Waals surface area contributed by atoms with Gasteiger partial charge in [0.25, 0.3) is 0 Å². The van der Waals surface area contributed by atoms with E-state index in [0.29, 0.717) is 12.8 Å². The number of ether oxygens (including phenoxy) is 3. The third kappa shape index (κ3) is 46.2. The van der Waals surface area contributed by atoms with Crippen LogP contribution < -0.4 is 5.11 Å². The highest BCUT2D eigenvalue weighted by Gasteiger charge is 2.25. The van der Waals surface area contributed by atoms with Crippen LogP contribution in [0, 0.1) is 0 Å². The van der Waals surface area contributed by atoms with Crippen molar-refractivity contribution in [3.63, 3.8) is 0 Å². The number of carbonyl (C=O) groups excluding carboxylic acids is 3. The molecule has 0 radical (unpaired) electrons. The molecule has 8 nitrogen and oxygen atoms in total. The van der Waals surface area contributed by atoms with E-state index in [4.69, 9.17) is 14.2 Å². The van der Waals surface area contributed by atoms with Gasteiger partial charge in [-0.2, -0.15) is 0 Å². The van der Waals surface area contributed by atoms with Crippen molar-refractivity contribution in [1.82, 2.24) is 0 Å². The number of allylic oxidation sites excluding steroid dienone is 10. The van der Waals surface area contributed by atoms with E-state index in [1.165, 1.54) is 128 Å². The summed E-state index contributed by atoms with van der Waals surface area (Å²) >= 11 is 0. The monoisotopic (exact) mass is 926 g/mol. The first-order valence-corrected chi connectivity index (χ1v) is 27.3. The van der Waals surface area contributed by atoms with Gasteiger partial charge in [0.05, 0.1) is 40.3 Å². The predicted molar refractivity (Wildman–Crippen MR) is 277 cm³/mol. The standard InChI is InChI=1S/C58H103NO7/c1-6-8-10-12-14-16-18-20-22-24-26-28-29-31-32-34-36-38-40-42-44-46-48-56(60)65-53-54(52-64-51-50-55(58(62)63)59(3,4)5)66-57(61)49-47-45-43-41-39-37-35-33-30-27-25-23-21-19-17-15-13-11-9-7-2/h9,11,15,17,21,23,27,29-31,54-55H,6-8,10,12-14,16,18-20,22,24-26,28,32-53H2,1-5H3/b11-9+,17-15+,23-21+,30-27+,31-29+. The lowest BCUT2D eigenvalue weighted by molar-refractivity contribution is -0.889. The lowest BCUT2D eigenvalue weighted by atomic mass is 10.0. The Kier molecular flexibility index (Phi) is 46.3. The third-order valence-electron chi connectivity index (χ3n) is 12.1. The van der Waals surface area contributed by atoms with Gasteiger partial charge in [-0.15, -0.1) is 0 Å². The highest BCUT2D eigenvalue weighted by atomic mass is 16.6. The Morgan fingerprint density at radius 3 is 1.27 bits per heavy atom. The Balaban J connectivity index is 4.23. The van der Waals surface area contributed by atoms with Crippen LogP contribution in [0.25, 0.3) is 0 Å². The molecule has 0 aliphatic carbocycles. The second-order valence-electron chi connectivity index (χ2n) is 19.4. The van der Waals surface area contributed by atoms with Crippen LogP contribution in [0.15, 0.2) is 60.8 Å². The van der Waals surface area contributed by atoms with Crippen LogP contribution in [-0.4, -0.2) is 75.5 Å². The molecule has 66 heavy (non-hydrogen) atoms. The van der Waals surface area contributed by atoms with E-state index in [-0.39, 0.29) is 42.7 Å². The quantitative estimate of drug-likeness (QED) is 0.0259. The Hall–Kier alpha value is -2.97. The molecule has 0 aliphatic heterocycles. The van der Waals surface area contributed by atoms with Crippen LogP contribution >= 0.6 is 0 Å². The van der Waals surface area contributed by atoms with Gasteiger partial charge in [-0.1, -0.05) is 203 Å². The molecule has 0 heterocycles. The number of esters is 2. The number of aliphatic carboxylic acids is 1. The van der Waals surface area contributed by atoms with Crippen molar-refractivity contribution in [2.45, 2.75) is 251 Å². The second kappa shape index (κ2) is 48.5. The van der Waals surface area contributed by atoms with Gasteiger partial charge in [-0.05, 0) is 77.0 Å². The molecule has 0 saturated heterocycles. The van der Waals surface area contributed by atoms with Crippen LogP contribution in [0.4, 0.5) is 0 Å². The molecule has 0 saturated carbocycles. The van der Waals surface area contributed by atoms with Crippen LogP contribution in [0.5, 0.6) is 0 Å². The van der Waals surface area contributed by atoms with E-state index >= 15 is 0 Å². The molecule has 8 heteroatoms. The van der Waals surface area contributed by atoms with Crippen LogP contribution in [0.2, 0.25) is 0 Å². The predicted octanol–water partition coefficient (Wildman–Crippen LogP) is 14.8. The molecule has 0 aliphatic rings. The first-order chi connectivity index (χ1) is 32.1. The number of hydrogen-bond acceptors (Lipinski definition) is 7. The summed E-state index contributed by atoms with van der Waals surface area (Å²) in [4.78, 5) is 37.1. The lowest BCUT2D eigenvalue weighted by Gasteiger charge is -2.34. The Labute approximate surface area is 407 Å². The van der Waals surface area contributed by atoms with Gasteiger partial charge < -0.3 is 28.6 Å². The zero-order valence-electron chi connectivity index (χ0n) is 43.6. The first-order valence-electron chi connectivity index (χ1n) is 27.3.